The Bertz CT molecular complexity index is 1260. The third-order valence-corrected chi connectivity index (χ3v) is 5.58. The number of alkyl halides is 3. The molecule has 0 radical (unpaired) electrons. The predicted octanol–water partition coefficient (Wildman–Crippen LogP) is 4.27. The second kappa shape index (κ2) is 9.32. The standard InChI is InChI=1S/C24H21F4N5O2/c1-14-29-12-16(13-30-14)21(34)33-23(8-9-23)22(35)31-11-15-6-7-17(10-19(15)25)32-20-5-3-2-4-18(20)24(26,27)28/h2-7,10,12-13,32H,8-9,11H2,1H3,(H,31,35)(H,33,34). The van der Waals surface area contributed by atoms with Crippen molar-refractivity contribution >= 4 is 23.2 Å². The Kier molecular flexibility index (Phi) is 6.42. The van der Waals surface area contributed by atoms with E-state index in [0.29, 0.717) is 18.7 Å². The van der Waals surface area contributed by atoms with Crippen LogP contribution in [0, 0.1) is 12.7 Å². The lowest BCUT2D eigenvalue weighted by Crippen LogP contribution is -2.48. The van der Waals surface area contributed by atoms with Crippen molar-refractivity contribution in [2.24, 2.45) is 0 Å². The summed E-state index contributed by atoms with van der Waals surface area (Å²) >= 11 is 0. The second-order valence-corrected chi connectivity index (χ2v) is 8.21. The zero-order valence-corrected chi connectivity index (χ0v) is 18.5. The lowest BCUT2D eigenvalue weighted by atomic mass is 10.1. The van der Waals surface area contributed by atoms with Gasteiger partial charge in [0.15, 0.2) is 0 Å². The number of carbonyl (C=O) groups is 2. The van der Waals surface area contributed by atoms with Gasteiger partial charge in [0.1, 0.15) is 17.2 Å². The van der Waals surface area contributed by atoms with Gasteiger partial charge >= 0.3 is 6.18 Å². The first-order chi connectivity index (χ1) is 16.6. The molecule has 1 fully saturated rings. The fraction of sp³-hybridized carbons (Fsp3) is 0.250. The van der Waals surface area contributed by atoms with Crippen LogP contribution in [0.1, 0.15) is 40.2 Å². The molecule has 1 saturated carbocycles. The van der Waals surface area contributed by atoms with Crippen LogP contribution in [0.3, 0.4) is 0 Å². The molecule has 0 saturated heterocycles. The summed E-state index contributed by atoms with van der Waals surface area (Å²) in [5, 5.41) is 7.88. The Hall–Kier alpha value is -4.02. The van der Waals surface area contributed by atoms with Gasteiger partial charge in [-0.15, -0.1) is 0 Å². The van der Waals surface area contributed by atoms with Gasteiger partial charge in [0.2, 0.25) is 5.91 Å². The van der Waals surface area contributed by atoms with Crippen molar-refractivity contribution in [3.05, 3.63) is 83.2 Å². The number of hydrogen-bond acceptors (Lipinski definition) is 5. The highest BCUT2D eigenvalue weighted by Crippen LogP contribution is 2.37. The monoisotopic (exact) mass is 487 g/mol. The van der Waals surface area contributed by atoms with E-state index in [-0.39, 0.29) is 29.0 Å². The molecule has 0 bridgehead atoms. The number of aromatic nitrogens is 2. The normalized spacial score (nSPS) is 14.2. The molecular weight excluding hydrogens is 466 g/mol. The second-order valence-electron chi connectivity index (χ2n) is 8.21. The van der Waals surface area contributed by atoms with E-state index >= 15 is 0 Å². The van der Waals surface area contributed by atoms with Crippen LogP contribution in [-0.4, -0.2) is 27.3 Å². The fourth-order valence-electron chi connectivity index (χ4n) is 3.44. The highest BCUT2D eigenvalue weighted by molar-refractivity contribution is 6.00. The number of para-hydroxylation sites is 1. The number of nitrogens with one attached hydrogen (secondary N) is 3. The van der Waals surface area contributed by atoms with Crippen molar-refractivity contribution in [2.75, 3.05) is 5.32 Å². The van der Waals surface area contributed by atoms with E-state index in [9.17, 15) is 27.2 Å². The molecule has 7 nitrogen and oxygen atoms in total. The van der Waals surface area contributed by atoms with Crippen LogP contribution in [0.2, 0.25) is 0 Å². The van der Waals surface area contributed by atoms with Crippen molar-refractivity contribution in [2.45, 2.75) is 38.0 Å². The molecule has 1 aromatic heterocycles. The van der Waals surface area contributed by atoms with Gasteiger partial charge in [0, 0.05) is 30.2 Å². The Morgan fingerprint density at radius 2 is 1.74 bits per heavy atom. The number of anilines is 2. The van der Waals surface area contributed by atoms with Crippen LogP contribution in [0.15, 0.2) is 54.9 Å². The van der Waals surface area contributed by atoms with Crippen LogP contribution in [0.5, 0.6) is 0 Å². The van der Waals surface area contributed by atoms with E-state index in [1.165, 1.54) is 42.7 Å². The summed E-state index contributed by atoms with van der Waals surface area (Å²) < 4.78 is 54.1. The summed E-state index contributed by atoms with van der Waals surface area (Å²) in [4.78, 5) is 33.0. The zero-order chi connectivity index (χ0) is 25.2. The number of nitrogens with zero attached hydrogens (tertiary/aromatic N) is 2. The van der Waals surface area contributed by atoms with Crippen LogP contribution < -0.4 is 16.0 Å². The first-order valence-electron chi connectivity index (χ1n) is 10.7. The molecule has 3 aromatic rings. The summed E-state index contributed by atoms with van der Waals surface area (Å²) in [5.74, 6) is -1.14. The topological polar surface area (TPSA) is 96.0 Å². The maximum atomic E-state index is 14.6. The van der Waals surface area contributed by atoms with Gasteiger partial charge in [-0.3, -0.25) is 9.59 Å². The smallest absolute Gasteiger partial charge is 0.355 e. The molecule has 0 atom stereocenters. The first-order valence-corrected chi connectivity index (χ1v) is 10.7. The Labute approximate surface area is 198 Å². The van der Waals surface area contributed by atoms with Crippen molar-refractivity contribution in [1.29, 1.82) is 0 Å². The van der Waals surface area contributed by atoms with E-state index in [1.807, 2.05) is 0 Å². The predicted molar refractivity (Wildman–Crippen MR) is 119 cm³/mol. The minimum atomic E-state index is -4.56. The average molecular weight is 487 g/mol. The van der Waals surface area contributed by atoms with Gasteiger partial charge in [0.05, 0.1) is 16.8 Å². The highest BCUT2D eigenvalue weighted by atomic mass is 19.4. The molecule has 11 heteroatoms. The van der Waals surface area contributed by atoms with E-state index in [1.54, 1.807) is 6.92 Å². The molecule has 35 heavy (non-hydrogen) atoms. The van der Waals surface area contributed by atoms with Gasteiger partial charge in [-0.2, -0.15) is 13.2 Å². The van der Waals surface area contributed by atoms with Gasteiger partial charge in [0.25, 0.3) is 5.91 Å². The summed E-state index contributed by atoms with van der Waals surface area (Å²) in [6.45, 7) is 1.52. The molecule has 2 aromatic carbocycles. The third kappa shape index (κ3) is 5.56. The number of benzene rings is 2. The number of hydrogen-bond donors (Lipinski definition) is 3. The number of aryl methyl sites for hydroxylation is 1. The fourth-order valence-corrected chi connectivity index (χ4v) is 3.44. The maximum absolute atomic E-state index is 14.6. The molecule has 0 aliphatic heterocycles. The van der Waals surface area contributed by atoms with Gasteiger partial charge in [-0.1, -0.05) is 18.2 Å². The Balaban J connectivity index is 1.38. The highest BCUT2D eigenvalue weighted by Gasteiger charge is 2.51. The van der Waals surface area contributed by atoms with Crippen molar-refractivity contribution < 1.29 is 27.2 Å². The van der Waals surface area contributed by atoms with Crippen molar-refractivity contribution in [3.63, 3.8) is 0 Å². The van der Waals surface area contributed by atoms with E-state index in [2.05, 4.69) is 25.9 Å². The SMILES string of the molecule is Cc1ncc(C(=O)NC2(C(=O)NCc3ccc(Nc4ccccc4C(F)(F)F)cc3F)CC2)cn1. The molecule has 2 amide bonds. The maximum Gasteiger partial charge on any atom is 0.418 e. The van der Waals surface area contributed by atoms with Crippen molar-refractivity contribution in [3.8, 4) is 0 Å². The quantitative estimate of drug-likeness (QED) is 0.433. The average Bonchev–Trinajstić information content (AvgIpc) is 3.59. The Morgan fingerprint density at radius 3 is 2.37 bits per heavy atom. The molecule has 4 rings (SSSR count). The van der Waals surface area contributed by atoms with Crippen LogP contribution >= 0.6 is 0 Å². The summed E-state index contributed by atoms with van der Waals surface area (Å²) in [6, 6.07) is 8.74. The minimum absolute atomic E-state index is 0.125. The molecule has 1 aliphatic rings. The lowest BCUT2D eigenvalue weighted by Gasteiger charge is -2.18. The first kappa shape index (κ1) is 24.1. The largest absolute Gasteiger partial charge is 0.418 e. The summed E-state index contributed by atoms with van der Waals surface area (Å²) in [6.07, 6.45) is -0.969. The minimum Gasteiger partial charge on any atom is -0.355 e. The number of rotatable bonds is 7. The Morgan fingerprint density at radius 1 is 1.06 bits per heavy atom. The lowest BCUT2D eigenvalue weighted by molar-refractivity contribution is -0.137. The molecule has 1 heterocycles. The molecule has 0 spiro atoms. The van der Waals surface area contributed by atoms with Crippen LogP contribution in [0.4, 0.5) is 28.9 Å². The summed E-state index contributed by atoms with van der Waals surface area (Å²) in [7, 11) is 0. The number of carbonyl (C=O) groups excluding carboxylic acids is 2. The number of amides is 2. The molecule has 182 valence electrons. The zero-order valence-electron chi connectivity index (χ0n) is 18.5. The van der Waals surface area contributed by atoms with E-state index < -0.39 is 34.9 Å². The number of halogens is 4. The molecular formula is C24H21F4N5O2. The third-order valence-electron chi connectivity index (χ3n) is 5.58. The van der Waals surface area contributed by atoms with Gasteiger partial charge in [-0.05, 0) is 44.0 Å². The van der Waals surface area contributed by atoms with Crippen LogP contribution in [0.25, 0.3) is 0 Å². The van der Waals surface area contributed by atoms with Crippen molar-refractivity contribution in [1.82, 2.24) is 20.6 Å². The molecule has 3 N–H and O–H groups in total. The van der Waals surface area contributed by atoms with E-state index in [4.69, 9.17) is 0 Å². The van der Waals surface area contributed by atoms with Crippen LogP contribution in [-0.2, 0) is 17.5 Å². The van der Waals surface area contributed by atoms with Gasteiger partial charge < -0.3 is 16.0 Å². The van der Waals surface area contributed by atoms with Gasteiger partial charge in [-0.25, -0.2) is 14.4 Å². The molecule has 1 aliphatic carbocycles. The van der Waals surface area contributed by atoms with E-state index in [0.717, 1.165) is 12.1 Å². The molecule has 0 unspecified atom stereocenters. The summed E-state index contributed by atoms with van der Waals surface area (Å²) in [5.41, 5.74) is -1.67.